The maximum Gasteiger partial charge on any atom is 0.0724 e. The molecule has 0 aromatic carbocycles. The Morgan fingerprint density at radius 1 is 1.17 bits per heavy atom. The van der Waals surface area contributed by atoms with Crippen molar-refractivity contribution >= 4 is 7.85 Å². The van der Waals surface area contributed by atoms with Crippen LogP contribution in [-0.4, -0.2) is 13.9 Å². The van der Waals surface area contributed by atoms with E-state index in [1.54, 1.807) is 0 Å². The molecule has 0 amide bonds. The molecule has 2 N–H and O–H groups in total. The van der Waals surface area contributed by atoms with E-state index in [4.69, 9.17) is 13.6 Å². The van der Waals surface area contributed by atoms with Crippen LogP contribution in [0.2, 0.25) is 5.82 Å². The second kappa shape index (κ2) is 5.63. The maximum absolute atomic E-state index is 5.86. The van der Waals surface area contributed by atoms with Crippen LogP contribution in [0.4, 0.5) is 0 Å². The van der Waals surface area contributed by atoms with Crippen molar-refractivity contribution in [1.29, 1.82) is 0 Å². The molecule has 2 heteroatoms. The van der Waals surface area contributed by atoms with Crippen molar-refractivity contribution in [2.75, 3.05) is 0 Å². The van der Waals surface area contributed by atoms with E-state index < -0.39 is 0 Å². The first-order chi connectivity index (χ1) is 5.61. The average molecular weight is 167 g/mol. The van der Waals surface area contributed by atoms with E-state index in [2.05, 4.69) is 13.8 Å². The fraction of sp³-hybridized carbons (Fsp3) is 1.00. The summed E-state index contributed by atoms with van der Waals surface area (Å²) in [7, 11) is 5.86. The second-order valence-electron chi connectivity index (χ2n) is 3.80. The molecule has 70 valence electrons. The smallest absolute Gasteiger partial charge is 0.0724 e. The standard InChI is InChI=1S/C8H16BN.C2H6/c1-5-3-6(2)8(9)7(10)4-5;1-2/h5-8H,3-4,10H2,1-2H3;1-2H3. The van der Waals surface area contributed by atoms with Gasteiger partial charge in [-0.3, -0.25) is 0 Å². The molecule has 1 nitrogen and oxygen atoms in total. The summed E-state index contributed by atoms with van der Waals surface area (Å²) in [6, 6.07) is 0.235. The third-order valence-electron chi connectivity index (χ3n) is 2.60. The molecule has 1 aliphatic rings. The molecule has 12 heavy (non-hydrogen) atoms. The van der Waals surface area contributed by atoms with Gasteiger partial charge >= 0.3 is 0 Å². The SMILES string of the molecule is CC.[B]C1C(C)CC(C)CC1N. The highest BCUT2D eigenvalue weighted by atomic mass is 14.7. The molecule has 1 saturated carbocycles. The predicted molar refractivity (Wildman–Crippen MR) is 56.4 cm³/mol. The van der Waals surface area contributed by atoms with E-state index in [0.717, 1.165) is 12.3 Å². The molecule has 0 aliphatic heterocycles. The Morgan fingerprint density at radius 3 is 2.08 bits per heavy atom. The molecule has 1 fully saturated rings. The summed E-state index contributed by atoms with van der Waals surface area (Å²) in [6.07, 6.45) is 2.35. The number of nitrogens with two attached hydrogens (primary N) is 1. The number of hydrogen-bond donors (Lipinski definition) is 1. The van der Waals surface area contributed by atoms with E-state index >= 15 is 0 Å². The number of hydrogen-bond acceptors (Lipinski definition) is 1. The summed E-state index contributed by atoms with van der Waals surface area (Å²) in [5.74, 6) is 1.61. The molecule has 0 saturated heterocycles. The Labute approximate surface area is 78.5 Å². The third-order valence-corrected chi connectivity index (χ3v) is 2.60. The van der Waals surface area contributed by atoms with Gasteiger partial charge in [0.25, 0.3) is 0 Å². The first-order valence-electron chi connectivity index (χ1n) is 5.12. The molecule has 0 spiro atoms. The minimum atomic E-state index is 0.233. The minimum absolute atomic E-state index is 0.233. The zero-order valence-electron chi connectivity index (χ0n) is 8.88. The molecule has 1 aliphatic carbocycles. The normalized spacial score (nSPS) is 41.4. The lowest BCUT2D eigenvalue weighted by molar-refractivity contribution is 0.270. The zero-order chi connectivity index (χ0) is 9.72. The summed E-state index contributed by atoms with van der Waals surface area (Å²) in [5.41, 5.74) is 5.83. The van der Waals surface area contributed by atoms with Gasteiger partial charge in [0.15, 0.2) is 0 Å². The maximum atomic E-state index is 5.86. The Morgan fingerprint density at radius 2 is 1.67 bits per heavy atom. The molecule has 0 heterocycles. The van der Waals surface area contributed by atoms with Gasteiger partial charge in [-0.1, -0.05) is 33.5 Å². The summed E-state index contributed by atoms with van der Waals surface area (Å²) in [4.78, 5) is 0. The molecule has 0 bridgehead atoms. The van der Waals surface area contributed by atoms with Crippen molar-refractivity contribution in [1.82, 2.24) is 0 Å². The fourth-order valence-electron chi connectivity index (χ4n) is 1.93. The van der Waals surface area contributed by atoms with Crippen LogP contribution in [0, 0.1) is 11.8 Å². The first-order valence-corrected chi connectivity index (χ1v) is 5.12. The van der Waals surface area contributed by atoms with Crippen molar-refractivity contribution in [2.24, 2.45) is 17.6 Å². The van der Waals surface area contributed by atoms with Gasteiger partial charge in [0.05, 0.1) is 7.85 Å². The molecular weight excluding hydrogens is 145 g/mol. The van der Waals surface area contributed by atoms with Gasteiger partial charge in [0.1, 0.15) is 0 Å². The van der Waals surface area contributed by atoms with Crippen LogP contribution >= 0.6 is 0 Å². The van der Waals surface area contributed by atoms with Crippen molar-refractivity contribution in [3.05, 3.63) is 0 Å². The van der Waals surface area contributed by atoms with Crippen molar-refractivity contribution in [2.45, 2.75) is 52.4 Å². The van der Waals surface area contributed by atoms with Crippen LogP contribution in [0.5, 0.6) is 0 Å². The first kappa shape index (κ1) is 12.0. The molecule has 0 aromatic rings. The van der Waals surface area contributed by atoms with Crippen LogP contribution in [-0.2, 0) is 0 Å². The largest absolute Gasteiger partial charge is 0.328 e. The van der Waals surface area contributed by atoms with Crippen molar-refractivity contribution in [3.63, 3.8) is 0 Å². The Kier molecular flexibility index (Phi) is 5.64. The Hall–Kier alpha value is 0.0249. The van der Waals surface area contributed by atoms with Crippen LogP contribution in [0.3, 0.4) is 0 Å². The molecule has 4 atom stereocenters. The lowest BCUT2D eigenvalue weighted by Gasteiger charge is -2.35. The lowest BCUT2D eigenvalue weighted by atomic mass is 9.64. The quantitative estimate of drug-likeness (QED) is 0.550. The molecule has 0 aromatic heterocycles. The van der Waals surface area contributed by atoms with Crippen molar-refractivity contribution < 1.29 is 0 Å². The topological polar surface area (TPSA) is 26.0 Å². The highest BCUT2D eigenvalue weighted by Gasteiger charge is 2.27. The summed E-state index contributed by atoms with van der Waals surface area (Å²) >= 11 is 0. The summed E-state index contributed by atoms with van der Waals surface area (Å²) in [5, 5.41) is 0. The van der Waals surface area contributed by atoms with Gasteiger partial charge in [-0.2, -0.15) is 0 Å². The van der Waals surface area contributed by atoms with Crippen LogP contribution in [0.1, 0.15) is 40.5 Å². The highest BCUT2D eigenvalue weighted by Crippen LogP contribution is 2.34. The number of rotatable bonds is 0. The van der Waals surface area contributed by atoms with Crippen LogP contribution < -0.4 is 5.73 Å². The Balaban J connectivity index is 0.000000561. The van der Waals surface area contributed by atoms with E-state index in [-0.39, 0.29) is 11.9 Å². The van der Waals surface area contributed by atoms with Gasteiger partial charge in [-0.25, -0.2) is 0 Å². The highest BCUT2D eigenvalue weighted by molar-refractivity contribution is 6.12. The van der Waals surface area contributed by atoms with Gasteiger partial charge in [0, 0.05) is 0 Å². The van der Waals surface area contributed by atoms with Gasteiger partial charge in [-0.15, -0.1) is 0 Å². The van der Waals surface area contributed by atoms with Crippen LogP contribution in [0.15, 0.2) is 0 Å². The molecule has 1 rings (SSSR count). The van der Waals surface area contributed by atoms with E-state index in [1.165, 1.54) is 6.42 Å². The van der Waals surface area contributed by atoms with Gasteiger partial charge in [0.2, 0.25) is 0 Å². The van der Waals surface area contributed by atoms with E-state index in [9.17, 15) is 0 Å². The lowest BCUT2D eigenvalue weighted by Crippen LogP contribution is -2.36. The van der Waals surface area contributed by atoms with Crippen LogP contribution in [0.25, 0.3) is 0 Å². The monoisotopic (exact) mass is 167 g/mol. The molecular formula is C10H22BN. The van der Waals surface area contributed by atoms with E-state index in [0.29, 0.717) is 5.92 Å². The Bertz CT molecular complexity index is 104. The average Bonchev–Trinajstić information content (AvgIpc) is 2.04. The van der Waals surface area contributed by atoms with Crippen molar-refractivity contribution in [3.8, 4) is 0 Å². The van der Waals surface area contributed by atoms with Gasteiger partial charge in [-0.05, 0) is 30.7 Å². The third kappa shape index (κ3) is 3.18. The fourth-order valence-corrected chi connectivity index (χ4v) is 1.93. The second-order valence-corrected chi connectivity index (χ2v) is 3.80. The predicted octanol–water partition coefficient (Wildman–Crippen LogP) is 2.36. The molecule has 2 radical (unpaired) electrons. The minimum Gasteiger partial charge on any atom is -0.328 e. The zero-order valence-corrected chi connectivity index (χ0v) is 8.88. The molecule has 4 unspecified atom stereocenters. The summed E-state index contributed by atoms with van der Waals surface area (Å²) < 4.78 is 0. The van der Waals surface area contributed by atoms with Gasteiger partial charge < -0.3 is 5.73 Å². The summed E-state index contributed by atoms with van der Waals surface area (Å²) in [6.45, 7) is 8.45. The van der Waals surface area contributed by atoms with E-state index in [1.807, 2.05) is 13.8 Å².